The van der Waals surface area contributed by atoms with Gasteiger partial charge in [0.2, 0.25) is 0 Å². The smallest absolute Gasteiger partial charge is 0.178 e. The van der Waals surface area contributed by atoms with Crippen LogP contribution in [0.2, 0.25) is 0 Å². The number of hydrogen-bond donors (Lipinski definition) is 0. The van der Waals surface area contributed by atoms with Crippen LogP contribution in [0.1, 0.15) is 0 Å². The van der Waals surface area contributed by atoms with Crippen LogP contribution in [-0.2, 0) is 0 Å². The first-order valence-electron chi connectivity index (χ1n) is 3.49. The van der Waals surface area contributed by atoms with Gasteiger partial charge in [-0.1, -0.05) is 30.3 Å². The standard InChI is InChI=1S/C8H6ClN3/c9-12-6-10-11-8(12)7-4-2-1-3-5-7/h1-6H. The summed E-state index contributed by atoms with van der Waals surface area (Å²) in [6.45, 7) is 0. The fourth-order valence-corrected chi connectivity index (χ4v) is 1.16. The van der Waals surface area contributed by atoms with Gasteiger partial charge in [-0.3, -0.25) is 0 Å². The number of nitrogens with zero attached hydrogens (tertiary/aromatic N) is 3. The highest BCUT2D eigenvalue weighted by atomic mass is 35.5. The second kappa shape index (κ2) is 2.95. The molecule has 0 aliphatic heterocycles. The van der Waals surface area contributed by atoms with Gasteiger partial charge < -0.3 is 0 Å². The summed E-state index contributed by atoms with van der Waals surface area (Å²) in [7, 11) is 0. The number of rotatable bonds is 1. The summed E-state index contributed by atoms with van der Waals surface area (Å²) in [6.07, 6.45) is 1.46. The zero-order chi connectivity index (χ0) is 8.39. The second-order valence-electron chi connectivity index (χ2n) is 2.33. The molecule has 3 nitrogen and oxygen atoms in total. The number of halogens is 1. The van der Waals surface area contributed by atoms with Gasteiger partial charge in [0.25, 0.3) is 0 Å². The highest BCUT2D eigenvalue weighted by Crippen LogP contribution is 2.15. The van der Waals surface area contributed by atoms with Gasteiger partial charge in [-0.05, 0) is 0 Å². The number of hydrogen-bond acceptors (Lipinski definition) is 2. The molecule has 0 amide bonds. The second-order valence-corrected chi connectivity index (χ2v) is 2.70. The van der Waals surface area contributed by atoms with Crippen LogP contribution in [0.5, 0.6) is 0 Å². The molecule has 0 saturated carbocycles. The van der Waals surface area contributed by atoms with E-state index in [0.29, 0.717) is 5.82 Å². The molecule has 0 unspecified atom stereocenters. The van der Waals surface area contributed by atoms with Crippen molar-refractivity contribution in [3.8, 4) is 11.4 Å². The Hall–Kier alpha value is -1.35. The summed E-state index contributed by atoms with van der Waals surface area (Å²) < 4.78 is 1.37. The molecular weight excluding hydrogens is 174 g/mol. The van der Waals surface area contributed by atoms with E-state index < -0.39 is 0 Å². The molecule has 1 aromatic heterocycles. The molecule has 1 heterocycles. The van der Waals surface area contributed by atoms with Crippen LogP contribution in [0.15, 0.2) is 36.7 Å². The summed E-state index contributed by atoms with van der Waals surface area (Å²) in [6, 6.07) is 9.67. The molecule has 0 fully saturated rings. The van der Waals surface area contributed by atoms with Crippen molar-refractivity contribution in [3.63, 3.8) is 0 Å². The fraction of sp³-hybridized carbons (Fsp3) is 0. The normalized spacial score (nSPS) is 10.1. The molecule has 60 valence electrons. The van der Waals surface area contributed by atoms with Crippen LogP contribution in [0.3, 0.4) is 0 Å². The van der Waals surface area contributed by atoms with Gasteiger partial charge in [-0.25, -0.2) is 4.09 Å². The van der Waals surface area contributed by atoms with Crippen molar-refractivity contribution >= 4 is 11.8 Å². The quantitative estimate of drug-likeness (QED) is 0.670. The van der Waals surface area contributed by atoms with Crippen molar-refractivity contribution in [1.82, 2.24) is 14.3 Å². The molecular formula is C8H6ClN3. The Balaban J connectivity index is 2.51. The van der Waals surface area contributed by atoms with Crippen molar-refractivity contribution in [2.24, 2.45) is 0 Å². The lowest BCUT2D eigenvalue weighted by molar-refractivity contribution is 1.09. The van der Waals surface area contributed by atoms with Crippen molar-refractivity contribution in [1.29, 1.82) is 0 Å². The van der Waals surface area contributed by atoms with Crippen LogP contribution in [0.4, 0.5) is 0 Å². The summed E-state index contributed by atoms with van der Waals surface area (Å²) in [5.41, 5.74) is 0.963. The van der Waals surface area contributed by atoms with E-state index in [1.54, 1.807) is 0 Å². The van der Waals surface area contributed by atoms with Gasteiger partial charge in [0, 0.05) is 17.3 Å². The molecule has 0 N–H and O–H groups in total. The predicted octanol–water partition coefficient (Wildman–Crippen LogP) is 1.95. The number of benzene rings is 1. The van der Waals surface area contributed by atoms with Gasteiger partial charge in [0.1, 0.15) is 6.33 Å². The minimum absolute atomic E-state index is 0.664. The predicted molar refractivity (Wildman–Crippen MR) is 46.7 cm³/mol. The van der Waals surface area contributed by atoms with Crippen LogP contribution in [0.25, 0.3) is 11.4 Å². The van der Waals surface area contributed by atoms with Crippen LogP contribution >= 0.6 is 11.8 Å². The van der Waals surface area contributed by atoms with E-state index in [2.05, 4.69) is 10.2 Å². The summed E-state index contributed by atoms with van der Waals surface area (Å²) >= 11 is 5.77. The Labute approximate surface area is 74.7 Å². The molecule has 12 heavy (non-hydrogen) atoms. The monoisotopic (exact) mass is 179 g/mol. The molecule has 0 aliphatic carbocycles. The average molecular weight is 180 g/mol. The minimum Gasteiger partial charge on any atom is -0.221 e. The average Bonchev–Trinajstić information content (AvgIpc) is 2.53. The molecule has 4 heteroatoms. The largest absolute Gasteiger partial charge is 0.221 e. The topological polar surface area (TPSA) is 30.7 Å². The lowest BCUT2D eigenvalue weighted by atomic mass is 10.2. The zero-order valence-electron chi connectivity index (χ0n) is 6.18. The molecule has 2 rings (SSSR count). The van der Waals surface area contributed by atoms with Crippen molar-refractivity contribution in [3.05, 3.63) is 36.7 Å². The fourth-order valence-electron chi connectivity index (χ4n) is 0.992. The van der Waals surface area contributed by atoms with E-state index in [0.717, 1.165) is 5.56 Å². The third-order valence-corrected chi connectivity index (χ3v) is 1.79. The molecule has 2 aromatic rings. The lowest BCUT2D eigenvalue weighted by Gasteiger charge is -1.95. The van der Waals surface area contributed by atoms with Gasteiger partial charge in [-0.2, -0.15) is 0 Å². The lowest BCUT2D eigenvalue weighted by Crippen LogP contribution is -1.84. The van der Waals surface area contributed by atoms with E-state index in [-0.39, 0.29) is 0 Å². The van der Waals surface area contributed by atoms with E-state index in [1.165, 1.54) is 10.4 Å². The first-order chi connectivity index (χ1) is 5.88. The van der Waals surface area contributed by atoms with Crippen LogP contribution in [-0.4, -0.2) is 14.3 Å². The highest BCUT2D eigenvalue weighted by molar-refractivity contribution is 6.16. The first kappa shape index (κ1) is 7.31. The zero-order valence-corrected chi connectivity index (χ0v) is 6.94. The Morgan fingerprint density at radius 3 is 2.50 bits per heavy atom. The summed E-state index contributed by atoms with van der Waals surface area (Å²) in [5, 5.41) is 7.55. The molecule has 0 atom stereocenters. The van der Waals surface area contributed by atoms with E-state index in [4.69, 9.17) is 11.8 Å². The summed E-state index contributed by atoms with van der Waals surface area (Å²) in [5.74, 6) is 0.664. The molecule has 0 saturated heterocycles. The SMILES string of the molecule is Cln1cnnc1-c1ccccc1. The van der Waals surface area contributed by atoms with E-state index in [1.807, 2.05) is 30.3 Å². The van der Waals surface area contributed by atoms with Crippen LogP contribution < -0.4 is 0 Å². The molecule has 1 aromatic carbocycles. The Bertz CT molecular complexity index is 369. The maximum Gasteiger partial charge on any atom is 0.178 e. The Morgan fingerprint density at radius 1 is 1.17 bits per heavy atom. The third kappa shape index (κ3) is 1.19. The highest BCUT2D eigenvalue weighted by Gasteiger charge is 2.02. The maximum absolute atomic E-state index is 5.77. The third-order valence-electron chi connectivity index (χ3n) is 1.54. The van der Waals surface area contributed by atoms with E-state index in [9.17, 15) is 0 Å². The van der Waals surface area contributed by atoms with Crippen LogP contribution in [0, 0.1) is 0 Å². The van der Waals surface area contributed by atoms with Gasteiger partial charge in [-0.15, -0.1) is 10.2 Å². The summed E-state index contributed by atoms with van der Waals surface area (Å²) in [4.78, 5) is 0. The van der Waals surface area contributed by atoms with Crippen molar-refractivity contribution in [2.45, 2.75) is 0 Å². The maximum atomic E-state index is 5.77. The number of aromatic nitrogens is 3. The van der Waals surface area contributed by atoms with Crippen molar-refractivity contribution < 1.29 is 0 Å². The molecule has 0 spiro atoms. The minimum atomic E-state index is 0.664. The molecule has 0 aliphatic rings. The van der Waals surface area contributed by atoms with Gasteiger partial charge in [0.15, 0.2) is 5.82 Å². The molecule has 0 bridgehead atoms. The molecule has 0 radical (unpaired) electrons. The Kier molecular flexibility index (Phi) is 1.80. The van der Waals surface area contributed by atoms with E-state index >= 15 is 0 Å². The van der Waals surface area contributed by atoms with Gasteiger partial charge in [0.05, 0.1) is 0 Å². The van der Waals surface area contributed by atoms with Gasteiger partial charge >= 0.3 is 0 Å². The van der Waals surface area contributed by atoms with Crippen molar-refractivity contribution in [2.75, 3.05) is 0 Å². The first-order valence-corrected chi connectivity index (χ1v) is 3.83. The Morgan fingerprint density at radius 2 is 1.92 bits per heavy atom.